The molecule has 4 heteroatoms. The zero-order valence-electron chi connectivity index (χ0n) is 33.6. The Morgan fingerprint density at radius 1 is 0.323 bits per heavy atom. The summed E-state index contributed by atoms with van der Waals surface area (Å²) in [4.78, 5) is 15.9. The number of hydrogen-bond donors (Lipinski definition) is 0. The molecule has 0 radical (unpaired) electrons. The van der Waals surface area contributed by atoms with Crippen LogP contribution in [0.2, 0.25) is 0 Å². The van der Waals surface area contributed by atoms with E-state index in [0.717, 1.165) is 44.1 Å². The molecule has 0 aliphatic heterocycles. The Morgan fingerprint density at radius 3 is 1.42 bits per heavy atom. The largest absolute Gasteiger partial charge is 0.277 e. The molecule has 13 rings (SSSR count). The van der Waals surface area contributed by atoms with Gasteiger partial charge >= 0.3 is 0 Å². The summed E-state index contributed by atoms with van der Waals surface area (Å²) < 4.78 is 2.32. The van der Waals surface area contributed by atoms with Crippen molar-refractivity contribution in [2.24, 2.45) is 0 Å². The topological polar surface area (TPSA) is 43.6 Å². The van der Waals surface area contributed by atoms with Crippen LogP contribution in [0.3, 0.4) is 0 Å². The van der Waals surface area contributed by atoms with Gasteiger partial charge in [0, 0.05) is 27.5 Å². The third-order valence-corrected chi connectivity index (χ3v) is 13.1. The van der Waals surface area contributed by atoms with Crippen molar-refractivity contribution in [1.82, 2.24) is 19.5 Å². The number of nitrogens with zero attached hydrogens (tertiary/aromatic N) is 4. The molecule has 0 unspecified atom stereocenters. The van der Waals surface area contributed by atoms with Gasteiger partial charge in [-0.25, -0.2) is 4.98 Å². The summed E-state index contributed by atoms with van der Waals surface area (Å²) in [5.41, 5.74) is 18.4. The molecule has 0 N–H and O–H groups in total. The van der Waals surface area contributed by atoms with Crippen molar-refractivity contribution in [2.45, 2.75) is 5.41 Å². The van der Waals surface area contributed by atoms with Gasteiger partial charge in [-0.15, -0.1) is 0 Å². The highest BCUT2D eigenvalue weighted by atomic mass is 15.2. The maximum atomic E-state index is 5.38. The lowest BCUT2D eigenvalue weighted by molar-refractivity contribution is 0.794. The number of aromatic nitrogens is 4. The van der Waals surface area contributed by atoms with Crippen molar-refractivity contribution in [3.05, 3.63) is 241 Å². The molecule has 0 amide bonds. The predicted molar refractivity (Wildman–Crippen MR) is 252 cm³/mol. The van der Waals surface area contributed by atoms with E-state index in [0.29, 0.717) is 17.6 Å². The molecule has 0 saturated carbocycles. The van der Waals surface area contributed by atoms with Crippen LogP contribution in [0.15, 0.2) is 218 Å². The molecule has 11 aromatic rings. The van der Waals surface area contributed by atoms with E-state index in [1.807, 2.05) is 36.4 Å². The van der Waals surface area contributed by atoms with E-state index in [9.17, 15) is 0 Å². The van der Waals surface area contributed by atoms with Crippen molar-refractivity contribution in [3.63, 3.8) is 0 Å². The first-order chi connectivity index (χ1) is 30.8. The lowest BCUT2D eigenvalue weighted by Crippen LogP contribution is -2.25. The molecule has 1 spiro atoms. The van der Waals surface area contributed by atoms with Crippen molar-refractivity contribution >= 4 is 21.8 Å². The Morgan fingerprint density at radius 2 is 0.806 bits per heavy atom. The van der Waals surface area contributed by atoms with Gasteiger partial charge in [0.2, 0.25) is 5.95 Å². The highest BCUT2D eigenvalue weighted by Gasteiger charge is 2.52. The van der Waals surface area contributed by atoms with Crippen LogP contribution < -0.4 is 0 Å². The fourth-order valence-electron chi connectivity index (χ4n) is 10.5. The lowest BCUT2D eigenvalue weighted by Gasteiger charge is -2.30. The maximum Gasteiger partial charge on any atom is 0.238 e. The van der Waals surface area contributed by atoms with Crippen molar-refractivity contribution in [3.8, 4) is 73.2 Å². The fourth-order valence-corrected chi connectivity index (χ4v) is 10.5. The van der Waals surface area contributed by atoms with Gasteiger partial charge in [-0.1, -0.05) is 200 Å². The van der Waals surface area contributed by atoms with Gasteiger partial charge < -0.3 is 0 Å². The van der Waals surface area contributed by atoms with Crippen molar-refractivity contribution < 1.29 is 0 Å². The second-order valence-electron chi connectivity index (χ2n) is 16.3. The van der Waals surface area contributed by atoms with E-state index < -0.39 is 5.41 Å². The first-order valence-corrected chi connectivity index (χ1v) is 21.2. The summed E-state index contributed by atoms with van der Waals surface area (Å²) in [6.45, 7) is 0. The van der Waals surface area contributed by atoms with Crippen LogP contribution in [0.1, 0.15) is 22.3 Å². The van der Waals surface area contributed by atoms with E-state index in [2.05, 4.69) is 187 Å². The quantitative estimate of drug-likeness (QED) is 0.174. The summed E-state index contributed by atoms with van der Waals surface area (Å²) in [5.74, 6) is 1.83. The molecule has 2 aromatic heterocycles. The molecule has 2 heterocycles. The van der Waals surface area contributed by atoms with Gasteiger partial charge in [0.25, 0.3) is 0 Å². The first kappa shape index (κ1) is 34.6. The van der Waals surface area contributed by atoms with Crippen LogP contribution in [0.5, 0.6) is 0 Å². The Kier molecular flexibility index (Phi) is 7.49. The summed E-state index contributed by atoms with van der Waals surface area (Å²) >= 11 is 0. The molecule has 0 bridgehead atoms. The lowest BCUT2D eigenvalue weighted by atomic mass is 9.70. The molecular formula is C58H36N4. The third-order valence-electron chi connectivity index (χ3n) is 13.1. The molecule has 0 fully saturated rings. The van der Waals surface area contributed by atoms with E-state index in [-0.39, 0.29) is 0 Å². The first-order valence-electron chi connectivity index (χ1n) is 21.2. The van der Waals surface area contributed by atoms with Crippen molar-refractivity contribution in [1.29, 1.82) is 0 Å². The van der Waals surface area contributed by atoms with Crippen LogP contribution in [-0.2, 0) is 5.41 Å². The van der Waals surface area contributed by atoms with Crippen LogP contribution in [0.25, 0.3) is 95.0 Å². The predicted octanol–water partition coefficient (Wildman–Crippen LogP) is 14.0. The summed E-state index contributed by atoms with van der Waals surface area (Å²) in [5, 5.41) is 2.29. The smallest absolute Gasteiger partial charge is 0.238 e. The molecule has 0 atom stereocenters. The molecular weight excluding hydrogens is 753 g/mol. The number of hydrogen-bond acceptors (Lipinski definition) is 3. The Labute approximate surface area is 359 Å². The second kappa shape index (κ2) is 13.4. The van der Waals surface area contributed by atoms with E-state index >= 15 is 0 Å². The normalized spacial score (nSPS) is 13.0. The SMILES string of the molecule is c1ccc(-c2cccc(-c3ccc4c(c3)c3ccc5c(c3n4-c3nc(-c4ccccc4)nc(-c4ccccc4)n3)-c3ccccc3C53c4ccccc4-c4ccccc43)c2)cc1. The van der Waals surface area contributed by atoms with Crippen LogP contribution in [0.4, 0.5) is 0 Å². The molecule has 0 saturated heterocycles. The minimum atomic E-state index is -0.499. The number of rotatable bonds is 5. The molecule has 62 heavy (non-hydrogen) atoms. The highest BCUT2D eigenvalue weighted by molar-refractivity contribution is 6.17. The molecule has 9 aromatic carbocycles. The minimum Gasteiger partial charge on any atom is -0.277 e. The average Bonchev–Trinajstić information content (AvgIpc) is 3.96. The van der Waals surface area contributed by atoms with Gasteiger partial charge in [-0.3, -0.25) is 4.57 Å². The Bertz CT molecular complexity index is 3470. The standard InChI is InChI=1S/C58H36N4/c1-4-17-37(18-5-1)40-23-16-24-41(35-40)42-31-34-52-47(36-42)45-32-33-51-53(46-27-12-15-30-50(46)58(51)48-28-13-10-25-43(48)44-26-11-14-29-49(44)58)54(45)62(52)57-60-55(38-19-6-2-7-20-38)59-56(61-57)39-21-8-3-9-22-39/h1-36H. The molecule has 288 valence electrons. The second-order valence-corrected chi connectivity index (χ2v) is 16.3. The monoisotopic (exact) mass is 788 g/mol. The molecule has 4 nitrogen and oxygen atoms in total. The van der Waals surface area contributed by atoms with Crippen LogP contribution in [-0.4, -0.2) is 19.5 Å². The Balaban J connectivity index is 1.15. The third kappa shape index (κ3) is 4.92. The summed E-state index contributed by atoms with van der Waals surface area (Å²) in [6, 6.07) is 78.6. The van der Waals surface area contributed by atoms with E-state index in [4.69, 9.17) is 15.0 Å². The van der Waals surface area contributed by atoms with Gasteiger partial charge in [0.05, 0.1) is 16.4 Å². The van der Waals surface area contributed by atoms with Crippen molar-refractivity contribution in [2.75, 3.05) is 0 Å². The van der Waals surface area contributed by atoms with E-state index in [1.165, 1.54) is 55.6 Å². The number of fused-ring (bicyclic) bond motifs is 14. The van der Waals surface area contributed by atoms with Gasteiger partial charge in [0.15, 0.2) is 11.6 Å². The Hall–Kier alpha value is -8.21. The van der Waals surface area contributed by atoms with Gasteiger partial charge in [-0.05, 0) is 79.4 Å². The minimum absolute atomic E-state index is 0.499. The van der Waals surface area contributed by atoms with Crippen LogP contribution in [0, 0.1) is 0 Å². The zero-order valence-corrected chi connectivity index (χ0v) is 33.6. The van der Waals surface area contributed by atoms with Gasteiger partial charge in [0.1, 0.15) is 0 Å². The summed E-state index contributed by atoms with van der Waals surface area (Å²) in [6.07, 6.45) is 0. The highest BCUT2D eigenvalue weighted by Crippen LogP contribution is 2.64. The average molecular weight is 789 g/mol. The van der Waals surface area contributed by atoms with Crippen LogP contribution >= 0.6 is 0 Å². The maximum absolute atomic E-state index is 5.38. The summed E-state index contributed by atoms with van der Waals surface area (Å²) in [7, 11) is 0. The molecule has 2 aliphatic carbocycles. The van der Waals surface area contributed by atoms with Gasteiger partial charge in [-0.2, -0.15) is 9.97 Å². The fraction of sp³-hybridized carbons (Fsp3) is 0.0172. The van der Waals surface area contributed by atoms with E-state index in [1.54, 1.807) is 0 Å². The molecule has 2 aliphatic rings. The number of benzene rings is 9. The zero-order chi connectivity index (χ0) is 40.8.